The summed E-state index contributed by atoms with van der Waals surface area (Å²) in [4.78, 5) is 6.76. The van der Waals surface area contributed by atoms with Gasteiger partial charge in [-0.25, -0.2) is 13.8 Å². The highest BCUT2D eigenvalue weighted by molar-refractivity contribution is 7.15. The average Bonchev–Trinajstić information content (AvgIpc) is 3.35. The number of fused-ring (bicyclic) bond motifs is 1. The van der Waals surface area contributed by atoms with Crippen LogP contribution in [0.15, 0.2) is 30.5 Å². The van der Waals surface area contributed by atoms with E-state index in [-0.39, 0.29) is 22.9 Å². The Kier molecular flexibility index (Phi) is 4.95. The smallest absolute Gasteiger partial charge is 0.190 e. The number of thiophene rings is 1. The molecule has 0 radical (unpaired) electrons. The maximum absolute atomic E-state index is 14.6. The zero-order chi connectivity index (χ0) is 21.5. The van der Waals surface area contributed by atoms with Crippen LogP contribution in [0.4, 0.5) is 14.6 Å². The lowest BCUT2D eigenvalue weighted by atomic mass is 10.1. The number of hydrogen-bond donors (Lipinski definition) is 2. The minimum atomic E-state index is -1.02. The lowest BCUT2D eigenvalue weighted by molar-refractivity contribution is 0.495. The number of halogens is 2. The van der Waals surface area contributed by atoms with Gasteiger partial charge in [-0.15, -0.1) is 16.4 Å². The van der Waals surface area contributed by atoms with Gasteiger partial charge in [0.25, 0.3) is 0 Å². The number of rotatable bonds is 3. The third kappa shape index (κ3) is 3.47. The molecule has 4 heterocycles. The molecule has 31 heavy (non-hydrogen) atoms. The van der Waals surface area contributed by atoms with E-state index in [0.717, 1.165) is 41.1 Å². The van der Waals surface area contributed by atoms with Crippen LogP contribution in [-0.2, 0) is 12.8 Å². The normalized spacial score (nSPS) is 13.8. The van der Waals surface area contributed by atoms with Gasteiger partial charge in [-0.05, 0) is 72.6 Å². The van der Waals surface area contributed by atoms with Gasteiger partial charge in [-0.1, -0.05) is 6.07 Å². The number of aryl methyl sites for hydroxylation is 1. The van der Waals surface area contributed by atoms with Crippen LogP contribution >= 0.6 is 11.3 Å². The van der Waals surface area contributed by atoms with E-state index in [1.54, 1.807) is 17.5 Å². The molecule has 3 N–H and O–H groups in total. The number of tetrazole rings is 1. The second-order valence-corrected chi connectivity index (χ2v) is 8.55. The van der Waals surface area contributed by atoms with E-state index in [4.69, 9.17) is 5.73 Å². The van der Waals surface area contributed by atoms with Crippen molar-refractivity contribution in [3.63, 3.8) is 0 Å². The fourth-order valence-corrected chi connectivity index (χ4v) is 4.88. The topological polar surface area (TPSA) is 94.5 Å². The average molecular weight is 439 g/mol. The molecule has 5 rings (SSSR count). The summed E-state index contributed by atoms with van der Waals surface area (Å²) >= 11 is 1.73. The summed E-state index contributed by atoms with van der Waals surface area (Å²) in [5.41, 5.74) is 8.90. The number of aromatic nitrogens is 5. The summed E-state index contributed by atoms with van der Waals surface area (Å²) in [5.74, 6) is -1.56. The number of nitrogen functional groups attached to an aromatic ring is 1. The fraction of sp³-hybridized carbons (Fsp3) is 0.238. The third-order valence-electron chi connectivity index (χ3n) is 5.39. The Morgan fingerprint density at radius 1 is 1.13 bits per heavy atom. The van der Waals surface area contributed by atoms with E-state index in [0.29, 0.717) is 5.56 Å². The van der Waals surface area contributed by atoms with Crippen molar-refractivity contribution < 1.29 is 8.78 Å². The van der Waals surface area contributed by atoms with Crippen LogP contribution < -0.4 is 11.1 Å². The minimum Gasteiger partial charge on any atom is -0.383 e. The summed E-state index contributed by atoms with van der Waals surface area (Å²) in [6, 6.07) is 6.94. The maximum Gasteiger partial charge on any atom is 0.190 e. The number of pyridine rings is 1. The summed E-state index contributed by atoms with van der Waals surface area (Å²) in [6.07, 6.45) is 3.69. The van der Waals surface area contributed by atoms with E-state index in [1.807, 2.05) is 6.07 Å². The lowest BCUT2D eigenvalue weighted by Crippen LogP contribution is -2.16. The number of benzene rings is 1. The predicted molar refractivity (Wildman–Crippen MR) is 115 cm³/mol. The number of anilines is 1. The lowest BCUT2D eigenvalue weighted by Gasteiger charge is -2.10. The molecule has 3 aromatic heterocycles. The van der Waals surface area contributed by atoms with E-state index in [2.05, 4.69) is 31.9 Å². The molecule has 158 valence electrons. The van der Waals surface area contributed by atoms with Crippen molar-refractivity contribution in [2.45, 2.75) is 19.8 Å². The molecule has 0 saturated heterocycles. The number of nitrogens with two attached hydrogens (primary N) is 1. The SMILES string of the molecule is Cc1ccc(-n2nnnc2-c2cc(-c3cc4c(s3)CCNCC4)cnc2N)c(F)c1F. The molecule has 1 aliphatic rings. The molecule has 7 nitrogen and oxygen atoms in total. The van der Waals surface area contributed by atoms with Crippen molar-refractivity contribution in [2.24, 2.45) is 0 Å². The number of hydrogen-bond acceptors (Lipinski definition) is 7. The molecule has 0 aliphatic carbocycles. The predicted octanol–water partition coefficient (Wildman–Crippen LogP) is 3.31. The molecule has 0 amide bonds. The van der Waals surface area contributed by atoms with Crippen LogP contribution in [0.1, 0.15) is 16.0 Å². The van der Waals surface area contributed by atoms with Gasteiger partial charge in [0.05, 0.1) is 5.56 Å². The Labute approximate surface area is 180 Å². The van der Waals surface area contributed by atoms with Crippen molar-refractivity contribution in [3.05, 3.63) is 58.1 Å². The minimum absolute atomic E-state index is 0.0942. The number of nitrogens with zero attached hydrogens (tertiary/aromatic N) is 5. The first-order valence-corrected chi connectivity index (χ1v) is 10.7. The number of nitrogens with one attached hydrogen (secondary N) is 1. The van der Waals surface area contributed by atoms with Crippen LogP contribution in [0.2, 0.25) is 0 Å². The van der Waals surface area contributed by atoms with Gasteiger partial charge in [0, 0.05) is 21.5 Å². The molecule has 4 aromatic rings. The largest absolute Gasteiger partial charge is 0.383 e. The van der Waals surface area contributed by atoms with Crippen molar-refractivity contribution in [2.75, 3.05) is 18.8 Å². The van der Waals surface area contributed by atoms with Crippen LogP contribution in [0.25, 0.3) is 27.5 Å². The summed E-state index contributed by atoms with van der Waals surface area (Å²) < 4.78 is 29.9. The van der Waals surface area contributed by atoms with Gasteiger partial charge >= 0.3 is 0 Å². The van der Waals surface area contributed by atoms with E-state index >= 15 is 0 Å². The summed E-state index contributed by atoms with van der Waals surface area (Å²) in [5, 5.41) is 14.9. The Morgan fingerprint density at radius 2 is 1.97 bits per heavy atom. The third-order valence-corrected chi connectivity index (χ3v) is 6.68. The van der Waals surface area contributed by atoms with Crippen molar-refractivity contribution in [1.82, 2.24) is 30.5 Å². The van der Waals surface area contributed by atoms with E-state index in [1.165, 1.54) is 29.5 Å². The van der Waals surface area contributed by atoms with Crippen molar-refractivity contribution in [3.8, 4) is 27.5 Å². The molecule has 1 aromatic carbocycles. The van der Waals surface area contributed by atoms with Crippen molar-refractivity contribution >= 4 is 17.2 Å². The molecular weight excluding hydrogens is 420 g/mol. The van der Waals surface area contributed by atoms with Crippen LogP contribution in [0.5, 0.6) is 0 Å². The van der Waals surface area contributed by atoms with Gasteiger partial charge in [0.1, 0.15) is 11.5 Å². The highest BCUT2D eigenvalue weighted by atomic mass is 32.1. The highest BCUT2D eigenvalue weighted by Gasteiger charge is 2.21. The first-order valence-electron chi connectivity index (χ1n) is 9.85. The Hall–Kier alpha value is -3.24. The Balaban J connectivity index is 1.59. The highest BCUT2D eigenvalue weighted by Crippen LogP contribution is 2.36. The molecule has 0 fully saturated rings. The van der Waals surface area contributed by atoms with Crippen LogP contribution in [0, 0.1) is 18.6 Å². The second kappa shape index (κ2) is 7.78. The Bertz CT molecular complexity index is 1260. The van der Waals surface area contributed by atoms with Crippen molar-refractivity contribution in [1.29, 1.82) is 0 Å². The van der Waals surface area contributed by atoms with Gasteiger partial charge in [-0.2, -0.15) is 4.68 Å². The molecule has 0 spiro atoms. The monoisotopic (exact) mass is 439 g/mol. The maximum atomic E-state index is 14.6. The fourth-order valence-electron chi connectivity index (χ4n) is 3.69. The van der Waals surface area contributed by atoms with Gasteiger partial charge < -0.3 is 11.1 Å². The molecule has 0 bridgehead atoms. The first kappa shape index (κ1) is 19.7. The van der Waals surface area contributed by atoms with E-state index < -0.39 is 11.6 Å². The quantitative estimate of drug-likeness (QED) is 0.509. The molecular formula is C21H19F2N7S. The van der Waals surface area contributed by atoms with Gasteiger partial charge in [-0.3, -0.25) is 0 Å². The van der Waals surface area contributed by atoms with Gasteiger partial charge in [0.2, 0.25) is 0 Å². The second-order valence-electron chi connectivity index (χ2n) is 7.41. The summed E-state index contributed by atoms with van der Waals surface area (Å²) in [7, 11) is 0. The first-order chi connectivity index (χ1) is 15.0. The standard InChI is InChI=1S/C21H19F2N7S/c1-11-2-3-15(19(23)18(11)22)30-21(27-28-29-30)14-8-13(10-26-20(14)24)17-9-12-4-6-25-7-5-16(12)31-17/h2-3,8-10,25H,4-7H2,1H3,(H2,24,26). The zero-order valence-corrected chi connectivity index (χ0v) is 17.5. The summed E-state index contributed by atoms with van der Waals surface area (Å²) in [6.45, 7) is 3.42. The van der Waals surface area contributed by atoms with Crippen LogP contribution in [0.3, 0.4) is 0 Å². The molecule has 10 heteroatoms. The molecule has 0 atom stereocenters. The zero-order valence-electron chi connectivity index (χ0n) is 16.7. The Morgan fingerprint density at radius 3 is 2.84 bits per heavy atom. The molecule has 0 unspecified atom stereocenters. The van der Waals surface area contributed by atoms with Gasteiger partial charge in [0.15, 0.2) is 17.5 Å². The van der Waals surface area contributed by atoms with Crippen LogP contribution in [-0.4, -0.2) is 38.3 Å². The molecule has 1 aliphatic heterocycles. The van der Waals surface area contributed by atoms with E-state index in [9.17, 15) is 8.78 Å². The molecule has 0 saturated carbocycles.